The van der Waals surface area contributed by atoms with Gasteiger partial charge in [0, 0.05) is 5.69 Å². The van der Waals surface area contributed by atoms with Crippen molar-refractivity contribution in [2.75, 3.05) is 10.2 Å². The van der Waals surface area contributed by atoms with Crippen molar-refractivity contribution in [1.82, 2.24) is 0 Å². The van der Waals surface area contributed by atoms with Gasteiger partial charge in [-0.1, -0.05) is 50.6 Å². The number of carbonyl (C=O) groups is 3. The molecular formula is C29H27ClN2O4. The highest BCUT2D eigenvalue weighted by Crippen LogP contribution is 2.31. The summed E-state index contributed by atoms with van der Waals surface area (Å²) in [5, 5.41) is 2.73. The van der Waals surface area contributed by atoms with Crippen LogP contribution in [-0.2, 0) is 15.0 Å². The summed E-state index contributed by atoms with van der Waals surface area (Å²) in [7, 11) is 0. The third-order valence-electron chi connectivity index (χ3n) is 5.81. The van der Waals surface area contributed by atoms with Gasteiger partial charge >= 0.3 is 5.97 Å². The molecule has 0 unspecified atom stereocenters. The number of hydrogen-bond acceptors (Lipinski definition) is 5. The van der Waals surface area contributed by atoms with Gasteiger partial charge < -0.3 is 10.1 Å². The van der Waals surface area contributed by atoms with Gasteiger partial charge in [-0.05, 0) is 84.5 Å². The van der Waals surface area contributed by atoms with E-state index in [0.717, 1.165) is 21.6 Å². The second-order valence-electron chi connectivity index (χ2n) is 9.85. The second-order valence-corrected chi connectivity index (χ2v) is 10.2. The normalized spacial score (nSPS) is 13.9. The maximum atomic E-state index is 13.0. The summed E-state index contributed by atoms with van der Waals surface area (Å²) in [4.78, 5) is 39.4. The predicted octanol–water partition coefficient (Wildman–Crippen LogP) is 6.26. The van der Waals surface area contributed by atoms with E-state index in [2.05, 4.69) is 26.1 Å². The Kier molecular flexibility index (Phi) is 6.74. The van der Waals surface area contributed by atoms with E-state index in [1.807, 2.05) is 32.0 Å². The topological polar surface area (TPSA) is 75.7 Å². The number of benzene rings is 3. The number of ether oxygens (including phenoxy) is 1. The van der Waals surface area contributed by atoms with Gasteiger partial charge in [-0.25, -0.2) is 9.69 Å². The Morgan fingerprint density at radius 1 is 0.861 bits per heavy atom. The number of aryl methyl sites for hydroxylation is 2. The van der Waals surface area contributed by atoms with E-state index in [4.69, 9.17) is 16.3 Å². The first kappa shape index (κ1) is 25.2. The summed E-state index contributed by atoms with van der Waals surface area (Å²) >= 11 is 6.24. The zero-order valence-corrected chi connectivity index (χ0v) is 21.6. The number of esters is 1. The van der Waals surface area contributed by atoms with Gasteiger partial charge in [0.2, 0.25) is 0 Å². The highest BCUT2D eigenvalue weighted by atomic mass is 35.5. The lowest BCUT2D eigenvalue weighted by molar-refractivity contribution is -0.120. The molecule has 184 valence electrons. The maximum absolute atomic E-state index is 13.0. The highest BCUT2D eigenvalue weighted by molar-refractivity contribution is 6.53. The van der Waals surface area contributed by atoms with Crippen molar-refractivity contribution in [3.05, 3.63) is 99.7 Å². The first-order chi connectivity index (χ1) is 16.9. The molecule has 1 heterocycles. The molecule has 1 aliphatic rings. The van der Waals surface area contributed by atoms with Crippen molar-refractivity contribution >= 4 is 40.8 Å². The molecule has 0 saturated heterocycles. The van der Waals surface area contributed by atoms with Gasteiger partial charge in [-0.15, -0.1) is 0 Å². The number of nitrogens with one attached hydrogen (secondary N) is 1. The van der Waals surface area contributed by atoms with Crippen LogP contribution in [0.2, 0.25) is 0 Å². The lowest BCUT2D eigenvalue weighted by Crippen LogP contribution is -2.32. The van der Waals surface area contributed by atoms with Crippen molar-refractivity contribution in [2.45, 2.75) is 40.0 Å². The molecule has 0 aliphatic carbocycles. The van der Waals surface area contributed by atoms with Gasteiger partial charge in [-0.3, -0.25) is 9.59 Å². The van der Waals surface area contributed by atoms with Crippen LogP contribution in [0.5, 0.6) is 5.75 Å². The average Bonchev–Trinajstić information content (AvgIpc) is 3.01. The van der Waals surface area contributed by atoms with Crippen LogP contribution in [0.4, 0.5) is 11.4 Å². The fourth-order valence-corrected chi connectivity index (χ4v) is 4.16. The SMILES string of the molecule is Cc1cc(C)cc(N2C(=O)C(Cl)=C(Nc3ccc(C(=O)Oc4ccc(C(C)(C)C)cc4)cc3)C2=O)c1. The summed E-state index contributed by atoms with van der Waals surface area (Å²) in [6.07, 6.45) is 0. The predicted molar refractivity (Wildman–Crippen MR) is 141 cm³/mol. The number of carbonyl (C=O) groups excluding carboxylic acids is 3. The summed E-state index contributed by atoms with van der Waals surface area (Å²) in [5.74, 6) is -1.19. The number of rotatable bonds is 5. The van der Waals surface area contributed by atoms with Gasteiger partial charge in [0.05, 0.1) is 11.3 Å². The number of anilines is 2. The first-order valence-corrected chi connectivity index (χ1v) is 11.9. The average molecular weight is 503 g/mol. The Balaban J connectivity index is 1.46. The third-order valence-corrected chi connectivity index (χ3v) is 6.16. The lowest BCUT2D eigenvalue weighted by Gasteiger charge is -2.19. The number of nitrogens with zero attached hydrogens (tertiary/aromatic N) is 1. The molecule has 0 radical (unpaired) electrons. The minimum Gasteiger partial charge on any atom is -0.423 e. The molecule has 0 atom stereocenters. The molecule has 1 aliphatic heterocycles. The molecule has 1 N–H and O–H groups in total. The van der Waals surface area contributed by atoms with Crippen molar-refractivity contribution in [3.63, 3.8) is 0 Å². The van der Waals surface area contributed by atoms with Gasteiger partial charge in [0.1, 0.15) is 16.5 Å². The van der Waals surface area contributed by atoms with E-state index in [1.165, 1.54) is 0 Å². The van der Waals surface area contributed by atoms with E-state index >= 15 is 0 Å². The van der Waals surface area contributed by atoms with Crippen LogP contribution in [0.1, 0.15) is 47.8 Å². The molecule has 3 aromatic carbocycles. The van der Waals surface area contributed by atoms with Crippen LogP contribution in [-0.4, -0.2) is 17.8 Å². The van der Waals surface area contributed by atoms with Crippen LogP contribution in [0.3, 0.4) is 0 Å². The van der Waals surface area contributed by atoms with Crippen molar-refractivity contribution < 1.29 is 19.1 Å². The summed E-state index contributed by atoms with van der Waals surface area (Å²) < 4.78 is 5.48. The first-order valence-electron chi connectivity index (χ1n) is 11.5. The third kappa shape index (κ3) is 5.19. The van der Waals surface area contributed by atoms with Crippen molar-refractivity contribution in [3.8, 4) is 5.75 Å². The van der Waals surface area contributed by atoms with Gasteiger partial charge in [0.25, 0.3) is 11.8 Å². The van der Waals surface area contributed by atoms with Crippen molar-refractivity contribution in [1.29, 1.82) is 0 Å². The van der Waals surface area contributed by atoms with Crippen LogP contribution >= 0.6 is 11.6 Å². The van der Waals surface area contributed by atoms with E-state index in [1.54, 1.807) is 48.5 Å². The largest absolute Gasteiger partial charge is 0.423 e. The lowest BCUT2D eigenvalue weighted by atomic mass is 9.87. The fraction of sp³-hybridized carbons (Fsp3) is 0.207. The summed E-state index contributed by atoms with van der Waals surface area (Å²) in [5.41, 5.74) is 4.28. The molecule has 0 spiro atoms. The monoisotopic (exact) mass is 502 g/mol. The molecule has 2 amide bonds. The quantitative estimate of drug-likeness (QED) is 0.253. The Labute approximate surface area is 215 Å². The number of hydrogen-bond donors (Lipinski definition) is 1. The number of halogens is 1. The minimum atomic E-state index is -0.591. The molecule has 6 nitrogen and oxygen atoms in total. The molecule has 4 rings (SSSR count). The molecule has 3 aromatic rings. The zero-order valence-electron chi connectivity index (χ0n) is 20.8. The Morgan fingerprint density at radius 3 is 2.00 bits per heavy atom. The van der Waals surface area contributed by atoms with Crippen LogP contribution in [0, 0.1) is 13.8 Å². The minimum absolute atomic E-state index is 0.00499. The molecule has 0 saturated carbocycles. The molecule has 7 heteroatoms. The highest BCUT2D eigenvalue weighted by Gasteiger charge is 2.39. The van der Waals surface area contributed by atoms with Gasteiger partial charge in [-0.2, -0.15) is 0 Å². The molecule has 36 heavy (non-hydrogen) atoms. The van der Waals surface area contributed by atoms with Gasteiger partial charge in [0.15, 0.2) is 0 Å². The molecular weight excluding hydrogens is 476 g/mol. The van der Waals surface area contributed by atoms with E-state index in [0.29, 0.717) is 22.7 Å². The number of amides is 2. The Hall–Kier alpha value is -3.90. The van der Waals surface area contributed by atoms with Crippen LogP contribution in [0.15, 0.2) is 77.5 Å². The number of imide groups is 1. The zero-order chi connectivity index (χ0) is 26.2. The van der Waals surface area contributed by atoms with E-state index in [9.17, 15) is 14.4 Å². The molecule has 0 bridgehead atoms. The molecule has 0 fully saturated rings. The summed E-state index contributed by atoms with van der Waals surface area (Å²) in [6, 6.07) is 19.3. The van der Waals surface area contributed by atoms with Crippen molar-refractivity contribution in [2.24, 2.45) is 0 Å². The van der Waals surface area contributed by atoms with Crippen LogP contribution < -0.4 is 15.0 Å². The fourth-order valence-electron chi connectivity index (χ4n) is 3.95. The smallest absolute Gasteiger partial charge is 0.343 e. The maximum Gasteiger partial charge on any atom is 0.343 e. The standard InChI is InChI=1S/C29H27ClN2O4/c1-17-14-18(2)16-22(15-17)32-26(33)24(30)25(27(32)34)31-21-10-6-19(7-11-21)28(35)36-23-12-8-20(9-13-23)29(3,4)5/h6-16,31H,1-5H3. The van der Waals surface area contributed by atoms with E-state index in [-0.39, 0.29) is 16.1 Å². The second kappa shape index (κ2) is 9.63. The Morgan fingerprint density at radius 2 is 1.44 bits per heavy atom. The van der Waals surface area contributed by atoms with Crippen LogP contribution in [0.25, 0.3) is 0 Å². The summed E-state index contributed by atoms with van der Waals surface area (Å²) in [6.45, 7) is 10.1. The Bertz CT molecular complexity index is 1360. The molecule has 0 aromatic heterocycles. The van der Waals surface area contributed by atoms with E-state index < -0.39 is 17.8 Å².